The van der Waals surface area contributed by atoms with Crippen molar-refractivity contribution in [3.63, 3.8) is 0 Å². The summed E-state index contributed by atoms with van der Waals surface area (Å²) in [5.41, 5.74) is 1.24. The molecule has 22 heavy (non-hydrogen) atoms. The van der Waals surface area contributed by atoms with Crippen molar-refractivity contribution in [2.45, 2.75) is 6.54 Å². The van der Waals surface area contributed by atoms with Crippen LogP contribution < -0.4 is 5.32 Å². The van der Waals surface area contributed by atoms with Crippen LogP contribution in [0.25, 0.3) is 0 Å². The van der Waals surface area contributed by atoms with E-state index in [1.807, 2.05) is 20.2 Å². The number of nitrogens with one attached hydrogen (secondary N) is 1. The molecule has 6 heteroatoms. The van der Waals surface area contributed by atoms with Gasteiger partial charge in [-0.25, -0.2) is 0 Å². The lowest BCUT2D eigenvalue weighted by molar-refractivity contribution is 0.162. The highest BCUT2D eigenvalue weighted by Crippen LogP contribution is 2.17. The molecule has 0 aliphatic carbocycles. The van der Waals surface area contributed by atoms with E-state index < -0.39 is 0 Å². The van der Waals surface area contributed by atoms with Gasteiger partial charge in [-0.1, -0.05) is 34.1 Å². The lowest BCUT2D eigenvalue weighted by Gasteiger charge is -2.24. The Hall–Kier alpha value is -1.11. The number of hydrogen-bond acceptors (Lipinski definition) is 3. The lowest BCUT2D eigenvalue weighted by atomic mass is 10.2. The van der Waals surface area contributed by atoms with Crippen molar-refractivity contribution in [1.29, 1.82) is 0 Å². The van der Waals surface area contributed by atoms with E-state index in [2.05, 4.69) is 61.3 Å². The summed E-state index contributed by atoms with van der Waals surface area (Å²) in [6.45, 7) is 4.30. The van der Waals surface area contributed by atoms with Gasteiger partial charge in [0, 0.05) is 51.9 Å². The Morgan fingerprint density at radius 3 is 2.64 bits per heavy atom. The number of benzene rings is 1. The normalized spacial score (nSPS) is 11.8. The number of likely N-dealkylation sites (N-methyl/N-ethyl adjacent to an activating group) is 1. The molecule has 1 N–H and O–H groups in total. The molecule has 0 saturated carbocycles. The van der Waals surface area contributed by atoms with Crippen LogP contribution in [0.5, 0.6) is 0 Å². The molecule has 0 saturated heterocycles. The molecule has 1 rings (SSSR count). The summed E-state index contributed by atoms with van der Waals surface area (Å²) >= 11 is 3.59. The minimum absolute atomic E-state index is 0.757. The first-order chi connectivity index (χ1) is 10.6. The molecule has 0 atom stereocenters. The summed E-state index contributed by atoms with van der Waals surface area (Å²) in [5, 5.41) is 3.39. The average molecular weight is 371 g/mol. The second-order valence-corrected chi connectivity index (χ2v) is 6.07. The first-order valence-electron chi connectivity index (χ1n) is 7.41. The first kappa shape index (κ1) is 18.9. The molecular formula is C16H27BrN4O. The molecule has 0 heterocycles. The molecule has 0 radical (unpaired) electrons. The van der Waals surface area contributed by atoms with Gasteiger partial charge in [0.25, 0.3) is 0 Å². The van der Waals surface area contributed by atoms with Crippen molar-refractivity contribution >= 4 is 21.9 Å². The fourth-order valence-corrected chi connectivity index (χ4v) is 2.47. The number of ether oxygens (including phenoxy) is 1. The van der Waals surface area contributed by atoms with Crippen molar-refractivity contribution in [3.8, 4) is 0 Å². The summed E-state index contributed by atoms with van der Waals surface area (Å²) in [7, 11) is 7.68. The van der Waals surface area contributed by atoms with E-state index in [1.54, 1.807) is 7.11 Å². The Kier molecular flexibility index (Phi) is 9.11. The van der Waals surface area contributed by atoms with Gasteiger partial charge >= 0.3 is 0 Å². The van der Waals surface area contributed by atoms with E-state index in [-0.39, 0.29) is 0 Å². The topological polar surface area (TPSA) is 40.1 Å². The van der Waals surface area contributed by atoms with E-state index in [4.69, 9.17) is 4.74 Å². The number of guanidine groups is 1. The van der Waals surface area contributed by atoms with Crippen molar-refractivity contribution in [3.05, 3.63) is 34.3 Å². The van der Waals surface area contributed by atoms with Gasteiger partial charge in [0.15, 0.2) is 5.96 Å². The van der Waals surface area contributed by atoms with Gasteiger partial charge in [-0.2, -0.15) is 0 Å². The Bertz CT molecular complexity index is 467. The average Bonchev–Trinajstić information content (AvgIpc) is 2.51. The van der Waals surface area contributed by atoms with Crippen molar-refractivity contribution < 1.29 is 4.74 Å². The third-order valence-corrected chi connectivity index (χ3v) is 4.17. The van der Waals surface area contributed by atoms with Gasteiger partial charge < -0.3 is 19.9 Å². The second-order valence-electron chi connectivity index (χ2n) is 5.22. The molecule has 0 unspecified atom stereocenters. The molecule has 0 spiro atoms. The summed E-state index contributed by atoms with van der Waals surface area (Å²) in [5.74, 6) is 0.899. The van der Waals surface area contributed by atoms with Gasteiger partial charge in [-0.05, 0) is 18.7 Å². The van der Waals surface area contributed by atoms with Crippen molar-refractivity contribution in [2.75, 3.05) is 54.5 Å². The zero-order chi connectivity index (χ0) is 16.4. The summed E-state index contributed by atoms with van der Waals surface area (Å²) in [4.78, 5) is 8.70. The molecule has 0 amide bonds. The maximum atomic E-state index is 5.08. The molecule has 0 aliphatic heterocycles. The van der Waals surface area contributed by atoms with Crippen molar-refractivity contribution in [1.82, 2.24) is 15.1 Å². The number of halogens is 1. The molecular weight excluding hydrogens is 344 g/mol. The van der Waals surface area contributed by atoms with Gasteiger partial charge in [0.2, 0.25) is 0 Å². The minimum atomic E-state index is 0.757. The Balaban J connectivity index is 2.42. The van der Waals surface area contributed by atoms with E-state index in [1.165, 1.54) is 5.56 Å². The molecule has 1 aromatic carbocycles. The number of rotatable bonds is 8. The van der Waals surface area contributed by atoms with Crippen LogP contribution in [0, 0.1) is 0 Å². The van der Waals surface area contributed by atoms with E-state index in [9.17, 15) is 0 Å². The third-order valence-electron chi connectivity index (χ3n) is 3.39. The first-order valence-corrected chi connectivity index (χ1v) is 8.20. The lowest BCUT2D eigenvalue weighted by Crippen LogP contribution is -2.42. The Morgan fingerprint density at radius 1 is 1.27 bits per heavy atom. The van der Waals surface area contributed by atoms with E-state index in [0.29, 0.717) is 0 Å². The van der Waals surface area contributed by atoms with Gasteiger partial charge in [0.1, 0.15) is 0 Å². The quantitative estimate of drug-likeness (QED) is 0.561. The predicted molar refractivity (Wildman–Crippen MR) is 96.3 cm³/mol. The number of hydrogen-bond donors (Lipinski definition) is 1. The maximum Gasteiger partial charge on any atom is 0.193 e. The van der Waals surface area contributed by atoms with Crippen LogP contribution in [0.1, 0.15) is 5.56 Å². The molecule has 1 aromatic rings. The van der Waals surface area contributed by atoms with Crippen LogP contribution in [0.15, 0.2) is 33.7 Å². The highest BCUT2D eigenvalue weighted by atomic mass is 79.9. The van der Waals surface area contributed by atoms with Gasteiger partial charge in [0.05, 0.1) is 6.61 Å². The zero-order valence-corrected chi connectivity index (χ0v) is 15.6. The number of nitrogens with zero attached hydrogens (tertiary/aromatic N) is 3. The van der Waals surface area contributed by atoms with Gasteiger partial charge in [-0.15, -0.1) is 0 Å². The van der Waals surface area contributed by atoms with Gasteiger partial charge in [-0.3, -0.25) is 4.99 Å². The standard InChI is InChI=1S/C16H27BrN4O/c1-18-16(19-9-10-20(2)11-12-22-4)21(3)13-14-7-5-6-8-15(14)17/h5-8H,9-13H2,1-4H3,(H,18,19). The Labute approximate surface area is 142 Å². The van der Waals surface area contributed by atoms with Crippen LogP contribution in [0.2, 0.25) is 0 Å². The summed E-state index contributed by atoms with van der Waals surface area (Å²) in [6.07, 6.45) is 0. The molecule has 0 aliphatic rings. The predicted octanol–water partition coefficient (Wildman–Crippen LogP) is 2.03. The summed E-state index contributed by atoms with van der Waals surface area (Å²) in [6, 6.07) is 8.25. The van der Waals surface area contributed by atoms with Crippen LogP contribution >= 0.6 is 15.9 Å². The molecule has 0 bridgehead atoms. The fraction of sp³-hybridized carbons (Fsp3) is 0.562. The third kappa shape index (κ3) is 6.77. The molecule has 0 fully saturated rings. The molecule has 0 aromatic heterocycles. The zero-order valence-electron chi connectivity index (χ0n) is 14.0. The number of aliphatic imine (C=N–C) groups is 1. The SMILES string of the molecule is CN=C(NCCN(C)CCOC)N(C)Cc1ccccc1Br. The fourth-order valence-electron chi connectivity index (χ4n) is 2.06. The number of methoxy groups -OCH3 is 1. The Morgan fingerprint density at radius 2 is 2.00 bits per heavy atom. The van der Waals surface area contributed by atoms with Crippen molar-refractivity contribution in [2.24, 2.45) is 4.99 Å². The monoisotopic (exact) mass is 370 g/mol. The van der Waals surface area contributed by atoms with Crippen LogP contribution in [0.3, 0.4) is 0 Å². The minimum Gasteiger partial charge on any atom is -0.383 e. The summed E-state index contributed by atoms with van der Waals surface area (Å²) < 4.78 is 6.20. The second kappa shape index (κ2) is 10.6. The molecule has 5 nitrogen and oxygen atoms in total. The smallest absolute Gasteiger partial charge is 0.193 e. The van der Waals surface area contributed by atoms with Crippen LogP contribution in [0.4, 0.5) is 0 Å². The van der Waals surface area contributed by atoms with E-state index in [0.717, 1.165) is 43.2 Å². The van der Waals surface area contributed by atoms with Crippen LogP contribution in [-0.2, 0) is 11.3 Å². The largest absolute Gasteiger partial charge is 0.383 e. The van der Waals surface area contributed by atoms with Crippen LogP contribution in [-0.4, -0.2) is 70.3 Å². The van der Waals surface area contributed by atoms with E-state index >= 15 is 0 Å². The highest BCUT2D eigenvalue weighted by molar-refractivity contribution is 9.10. The maximum absolute atomic E-state index is 5.08. The highest BCUT2D eigenvalue weighted by Gasteiger charge is 2.08. The molecule has 124 valence electrons.